The molecule has 2 unspecified atom stereocenters. The maximum Gasteiger partial charge on any atom is 0.201 e. The maximum absolute atomic E-state index is 6.00. The van der Waals surface area contributed by atoms with Crippen molar-refractivity contribution in [2.45, 2.75) is 33.2 Å². The second-order valence-corrected chi connectivity index (χ2v) is 4.45. The Balaban J connectivity index is 2.54. The number of hydrogen-bond acceptors (Lipinski definition) is 2. The highest BCUT2D eigenvalue weighted by Gasteiger charge is 2.17. The lowest BCUT2D eigenvalue weighted by molar-refractivity contribution is 0.381. The summed E-state index contributed by atoms with van der Waals surface area (Å²) in [6.45, 7) is 6.66. The largest absolute Gasteiger partial charge is 0.369 e. The van der Waals surface area contributed by atoms with Gasteiger partial charge in [-0.2, -0.15) is 0 Å². The SMILES string of the molecule is CCC(C)C(C)n1c(N)nc2ccccc21. The number of imidazole rings is 1. The first-order chi connectivity index (χ1) is 7.65. The van der Waals surface area contributed by atoms with Crippen molar-refractivity contribution in [1.29, 1.82) is 0 Å². The molecule has 1 aromatic carbocycles. The molecule has 86 valence electrons. The van der Waals surface area contributed by atoms with Gasteiger partial charge in [0.15, 0.2) is 0 Å². The van der Waals surface area contributed by atoms with Crippen LogP contribution in [-0.4, -0.2) is 9.55 Å². The van der Waals surface area contributed by atoms with Crippen molar-refractivity contribution < 1.29 is 0 Å². The van der Waals surface area contributed by atoms with E-state index in [4.69, 9.17) is 5.73 Å². The Morgan fingerprint density at radius 2 is 2.00 bits per heavy atom. The highest BCUT2D eigenvalue weighted by Crippen LogP contribution is 2.28. The van der Waals surface area contributed by atoms with E-state index < -0.39 is 0 Å². The summed E-state index contributed by atoms with van der Waals surface area (Å²) in [5.74, 6) is 1.22. The van der Waals surface area contributed by atoms with Crippen LogP contribution in [0.2, 0.25) is 0 Å². The highest BCUT2D eigenvalue weighted by molar-refractivity contribution is 5.78. The fraction of sp³-hybridized carbons (Fsp3) is 0.462. The van der Waals surface area contributed by atoms with Crippen molar-refractivity contribution in [3.63, 3.8) is 0 Å². The Morgan fingerprint density at radius 3 is 2.69 bits per heavy atom. The van der Waals surface area contributed by atoms with E-state index in [-0.39, 0.29) is 0 Å². The average Bonchev–Trinajstić information content (AvgIpc) is 2.63. The molecule has 16 heavy (non-hydrogen) atoms. The Kier molecular flexibility index (Phi) is 2.86. The minimum absolute atomic E-state index is 0.386. The fourth-order valence-electron chi connectivity index (χ4n) is 2.09. The van der Waals surface area contributed by atoms with Crippen molar-refractivity contribution in [1.82, 2.24) is 9.55 Å². The van der Waals surface area contributed by atoms with E-state index in [1.165, 1.54) is 0 Å². The van der Waals surface area contributed by atoms with Gasteiger partial charge in [-0.25, -0.2) is 4.98 Å². The Bertz CT molecular complexity index is 487. The zero-order valence-corrected chi connectivity index (χ0v) is 10.1. The molecule has 0 radical (unpaired) electrons. The topological polar surface area (TPSA) is 43.8 Å². The molecule has 0 fully saturated rings. The van der Waals surface area contributed by atoms with Crippen LogP contribution in [0, 0.1) is 5.92 Å². The molecular weight excluding hydrogens is 198 g/mol. The fourth-order valence-corrected chi connectivity index (χ4v) is 2.09. The van der Waals surface area contributed by atoms with Gasteiger partial charge < -0.3 is 10.3 Å². The molecule has 1 heterocycles. The van der Waals surface area contributed by atoms with Gasteiger partial charge in [0.25, 0.3) is 0 Å². The van der Waals surface area contributed by atoms with Gasteiger partial charge in [-0.05, 0) is 25.0 Å². The molecule has 0 aliphatic rings. The van der Waals surface area contributed by atoms with Gasteiger partial charge in [0, 0.05) is 6.04 Å². The molecule has 1 aromatic heterocycles. The number of nitrogens with zero attached hydrogens (tertiary/aromatic N) is 2. The van der Waals surface area contributed by atoms with Gasteiger partial charge in [0.05, 0.1) is 11.0 Å². The van der Waals surface area contributed by atoms with E-state index in [2.05, 4.69) is 36.4 Å². The molecule has 0 aliphatic carbocycles. The number of anilines is 1. The maximum atomic E-state index is 6.00. The van der Waals surface area contributed by atoms with Gasteiger partial charge in [0.2, 0.25) is 5.95 Å². The van der Waals surface area contributed by atoms with E-state index in [0.29, 0.717) is 17.9 Å². The first kappa shape index (κ1) is 11.0. The van der Waals surface area contributed by atoms with Crippen molar-refractivity contribution in [3.05, 3.63) is 24.3 Å². The molecule has 3 heteroatoms. The summed E-state index contributed by atoms with van der Waals surface area (Å²) in [7, 11) is 0. The summed E-state index contributed by atoms with van der Waals surface area (Å²) in [4.78, 5) is 4.39. The molecule has 2 atom stereocenters. The third-order valence-electron chi connectivity index (χ3n) is 3.50. The van der Waals surface area contributed by atoms with Crippen LogP contribution in [0.5, 0.6) is 0 Å². The molecule has 2 rings (SSSR count). The average molecular weight is 217 g/mol. The summed E-state index contributed by atoms with van der Waals surface area (Å²) in [6, 6.07) is 8.50. The summed E-state index contributed by atoms with van der Waals surface area (Å²) in [5.41, 5.74) is 8.11. The van der Waals surface area contributed by atoms with E-state index in [0.717, 1.165) is 17.5 Å². The predicted octanol–water partition coefficient (Wildman–Crippen LogP) is 3.23. The molecule has 2 N–H and O–H groups in total. The Labute approximate surface area is 96.3 Å². The normalized spacial score (nSPS) is 15.2. The number of fused-ring (bicyclic) bond motifs is 1. The number of hydrogen-bond donors (Lipinski definition) is 1. The van der Waals surface area contributed by atoms with Crippen molar-refractivity contribution in [3.8, 4) is 0 Å². The number of rotatable bonds is 3. The van der Waals surface area contributed by atoms with Crippen molar-refractivity contribution in [2.24, 2.45) is 5.92 Å². The molecule has 0 aliphatic heterocycles. The molecular formula is C13H19N3. The molecule has 0 amide bonds. The molecule has 0 saturated carbocycles. The van der Waals surface area contributed by atoms with E-state index in [9.17, 15) is 0 Å². The van der Waals surface area contributed by atoms with Crippen LogP contribution in [0.3, 0.4) is 0 Å². The zero-order valence-electron chi connectivity index (χ0n) is 10.1. The second kappa shape index (κ2) is 4.16. The summed E-state index contributed by atoms with van der Waals surface area (Å²) >= 11 is 0. The monoisotopic (exact) mass is 217 g/mol. The highest BCUT2D eigenvalue weighted by atomic mass is 15.2. The summed E-state index contributed by atoms with van der Waals surface area (Å²) < 4.78 is 2.14. The number of aromatic nitrogens is 2. The van der Waals surface area contributed by atoms with Gasteiger partial charge in [-0.3, -0.25) is 0 Å². The lowest BCUT2D eigenvalue weighted by atomic mass is 10.0. The molecule has 0 bridgehead atoms. The Hall–Kier alpha value is -1.51. The third kappa shape index (κ3) is 1.66. The third-order valence-corrected chi connectivity index (χ3v) is 3.50. The second-order valence-electron chi connectivity index (χ2n) is 4.45. The number of nitrogens with two attached hydrogens (primary N) is 1. The van der Waals surface area contributed by atoms with Crippen LogP contribution in [0.1, 0.15) is 33.2 Å². The Morgan fingerprint density at radius 1 is 1.31 bits per heavy atom. The molecule has 2 aromatic rings. The molecule has 3 nitrogen and oxygen atoms in total. The van der Waals surface area contributed by atoms with E-state index in [1.807, 2.05) is 18.2 Å². The minimum atomic E-state index is 0.386. The quantitative estimate of drug-likeness (QED) is 0.857. The van der Waals surface area contributed by atoms with Crippen LogP contribution < -0.4 is 5.73 Å². The van der Waals surface area contributed by atoms with Gasteiger partial charge in [0.1, 0.15) is 0 Å². The first-order valence-electron chi connectivity index (χ1n) is 5.87. The minimum Gasteiger partial charge on any atom is -0.369 e. The smallest absolute Gasteiger partial charge is 0.201 e. The standard InChI is InChI=1S/C13H19N3/c1-4-9(2)10(3)16-12-8-6-5-7-11(12)15-13(16)14/h5-10H,4H2,1-3H3,(H2,14,15). The number of nitrogen functional groups attached to an aromatic ring is 1. The van der Waals surface area contributed by atoms with Crippen LogP contribution in [0.4, 0.5) is 5.95 Å². The number of benzene rings is 1. The number of para-hydroxylation sites is 2. The van der Waals surface area contributed by atoms with Crippen LogP contribution in [0.15, 0.2) is 24.3 Å². The van der Waals surface area contributed by atoms with Gasteiger partial charge >= 0.3 is 0 Å². The van der Waals surface area contributed by atoms with Gasteiger partial charge in [-0.1, -0.05) is 32.4 Å². The van der Waals surface area contributed by atoms with Crippen LogP contribution in [-0.2, 0) is 0 Å². The molecule has 0 saturated heterocycles. The lowest BCUT2D eigenvalue weighted by Crippen LogP contribution is -2.15. The van der Waals surface area contributed by atoms with E-state index in [1.54, 1.807) is 0 Å². The predicted molar refractivity (Wildman–Crippen MR) is 68.3 cm³/mol. The van der Waals surface area contributed by atoms with Crippen molar-refractivity contribution >= 4 is 17.0 Å². The van der Waals surface area contributed by atoms with E-state index >= 15 is 0 Å². The summed E-state index contributed by atoms with van der Waals surface area (Å²) in [5, 5.41) is 0. The zero-order chi connectivity index (χ0) is 11.7. The van der Waals surface area contributed by atoms with Crippen LogP contribution >= 0.6 is 0 Å². The van der Waals surface area contributed by atoms with Crippen molar-refractivity contribution in [2.75, 3.05) is 5.73 Å². The lowest BCUT2D eigenvalue weighted by Gasteiger charge is -2.21. The first-order valence-corrected chi connectivity index (χ1v) is 5.87. The molecule has 0 spiro atoms. The van der Waals surface area contributed by atoms with Gasteiger partial charge in [-0.15, -0.1) is 0 Å². The summed E-state index contributed by atoms with van der Waals surface area (Å²) in [6.07, 6.45) is 1.15. The van der Waals surface area contributed by atoms with Crippen LogP contribution in [0.25, 0.3) is 11.0 Å².